The molecule has 0 aliphatic rings. The molecule has 0 saturated heterocycles. The zero-order chi connectivity index (χ0) is 10.6. The summed E-state index contributed by atoms with van der Waals surface area (Å²) < 4.78 is 26.3. The van der Waals surface area contributed by atoms with E-state index < -0.39 is 10.2 Å². The molecule has 0 saturated carbocycles. The van der Waals surface area contributed by atoms with Gasteiger partial charge in [0.15, 0.2) is 0 Å². The molecule has 0 fully saturated rings. The molecule has 1 unspecified atom stereocenters. The van der Waals surface area contributed by atoms with E-state index in [0.29, 0.717) is 5.92 Å². The Morgan fingerprint density at radius 1 is 1.31 bits per heavy atom. The summed E-state index contributed by atoms with van der Waals surface area (Å²) in [6, 6.07) is 0.0393. The number of nitrogens with one attached hydrogen (secondary N) is 1. The van der Waals surface area contributed by atoms with Crippen LogP contribution >= 0.6 is 0 Å². The van der Waals surface area contributed by atoms with Gasteiger partial charge in [-0.05, 0) is 19.3 Å². The summed E-state index contributed by atoms with van der Waals surface area (Å²) in [6.45, 7) is 6.07. The summed E-state index contributed by atoms with van der Waals surface area (Å²) in [5.41, 5.74) is 0. The van der Waals surface area contributed by atoms with Gasteiger partial charge in [0.05, 0.1) is 0 Å². The second-order valence-corrected chi connectivity index (χ2v) is 5.64. The Kier molecular flexibility index (Phi) is 4.88. The minimum Gasteiger partial charge on any atom is -0.205 e. The van der Waals surface area contributed by atoms with Gasteiger partial charge in [-0.25, -0.2) is 4.72 Å². The fourth-order valence-electron chi connectivity index (χ4n) is 1.21. The highest BCUT2D eigenvalue weighted by atomic mass is 32.2. The molecule has 0 aromatic carbocycles. The number of nitrogens with zero attached hydrogens (tertiary/aromatic N) is 1. The molecule has 0 amide bonds. The van der Waals surface area contributed by atoms with Crippen LogP contribution in [0.5, 0.6) is 0 Å². The average Bonchev–Trinajstić information content (AvgIpc) is 2.01. The maximum Gasteiger partial charge on any atom is 0.279 e. The molecule has 4 nitrogen and oxygen atoms in total. The van der Waals surface area contributed by atoms with Gasteiger partial charge in [-0.15, -0.1) is 0 Å². The van der Waals surface area contributed by atoms with Gasteiger partial charge >= 0.3 is 0 Å². The van der Waals surface area contributed by atoms with E-state index in [2.05, 4.69) is 18.6 Å². The molecule has 0 aromatic heterocycles. The normalized spacial score (nSPS) is 15.3. The Labute approximate surface area is 81.5 Å². The van der Waals surface area contributed by atoms with E-state index in [1.54, 1.807) is 7.05 Å². The second-order valence-electron chi connectivity index (χ2n) is 3.70. The van der Waals surface area contributed by atoms with E-state index in [1.165, 1.54) is 11.4 Å². The van der Waals surface area contributed by atoms with Crippen LogP contribution in [0.25, 0.3) is 0 Å². The van der Waals surface area contributed by atoms with Crippen LogP contribution in [0.4, 0.5) is 0 Å². The van der Waals surface area contributed by atoms with Gasteiger partial charge in [0.1, 0.15) is 0 Å². The fraction of sp³-hybridized carbons (Fsp3) is 1.00. The van der Waals surface area contributed by atoms with Crippen molar-refractivity contribution in [2.75, 3.05) is 14.1 Å². The largest absolute Gasteiger partial charge is 0.279 e. The van der Waals surface area contributed by atoms with Crippen molar-refractivity contribution < 1.29 is 8.42 Å². The molecule has 1 atom stereocenters. The van der Waals surface area contributed by atoms with E-state index in [-0.39, 0.29) is 6.04 Å². The van der Waals surface area contributed by atoms with Crippen LogP contribution in [0.3, 0.4) is 0 Å². The summed E-state index contributed by atoms with van der Waals surface area (Å²) in [7, 11) is -0.239. The van der Waals surface area contributed by atoms with Gasteiger partial charge < -0.3 is 0 Å². The SMILES string of the molecule is CNS(=O)(=O)N(C)C(C)CC(C)C. The zero-order valence-corrected chi connectivity index (χ0v) is 9.85. The fourth-order valence-corrected chi connectivity index (χ4v) is 2.06. The van der Waals surface area contributed by atoms with Crippen LogP contribution in [-0.4, -0.2) is 32.9 Å². The van der Waals surface area contributed by atoms with E-state index >= 15 is 0 Å². The van der Waals surface area contributed by atoms with E-state index in [4.69, 9.17) is 0 Å². The molecular formula is C8H20N2O2S. The molecule has 1 N–H and O–H groups in total. The van der Waals surface area contributed by atoms with Crippen molar-refractivity contribution in [1.29, 1.82) is 0 Å². The summed E-state index contributed by atoms with van der Waals surface area (Å²) in [5, 5.41) is 0. The van der Waals surface area contributed by atoms with Gasteiger partial charge in [0.2, 0.25) is 0 Å². The Hall–Kier alpha value is -0.130. The number of hydrogen-bond acceptors (Lipinski definition) is 2. The van der Waals surface area contributed by atoms with Crippen molar-refractivity contribution in [3.8, 4) is 0 Å². The molecule has 0 bridgehead atoms. The topological polar surface area (TPSA) is 49.4 Å². The number of rotatable bonds is 5. The van der Waals surface area contributed by atoms with Crippen molar-refractivity contribution in [1.82, 2.24) is 9.03 Å². The molecule has 0 aliphatic carbocycles. The van der Waals surface area contributed by atoms with Crippen LogP contribution in [0, 0.1) is 5.92 Å². The molecule has 0 heterocycles. The molecule has 13 heavy (non-hydrogen) atoms. The maximum atomic E-state index is 11.3. The van der Waals surface area contributed by atoms with Crippen molar-refractivity contribution in [2.24, 2.45) is 5.92 Å². The van der Waals surface area contributed by atoms with Crippen molar-refractivity contribution in [2.45, 2.75) is 33.2 Å². The Morgan fingerprint density at radius 3 is 2.08 bits per heavy atom. The molecule has 0 rings (SSSR count). The van der Waals surface area contributed by atoms with E-state index in [0.717, 1.165) is 6.42 Å². The lowest BCUT2D eigenvalue weighted by molar-refractivity contribution is 0.335. The first-order chi connectivity index (χ1) is 5.81. The molecule has 80 valence electrons. The average molecular weight is 208 g/mol. The van der Waals surface area contributed by atoms with Crippen LogP contribution < -0.4 is 4.72 Å². The highest BCUT2D eigenvalue weighted by molar-refractivity contribution is 7.87. The highest BCUT2D eigenvalue weighted by Gasteiger charge is 2.21. The molecule has 5 heteroatoms. The zero-order valence-electron chi connectivity index (χ0n) is 9.03. The third-order valence-corrected chi connectivity index (χ3v) is 3.70. The Bertz CT molecular complexity index is 237. The summed E-state index contributed by atoms with van der Waals surface area (Å²) in [5.74, 6) is 0.504. The summed E-state index contributed by atoms with van der Waals surface area (Å²) in [4.78, 5) is 0. The standard InChI is InChI=1S/C8H20N2O2S/c1-7(2)6-8(3)10(5)13(11,12)9-4/h7-9H,6H2,1-5H3. The van der Waals surface area contributed by atoms with Crippen LogP contribution in [-0.2, 0) is 10.2 Å². The molecule has 0 radical (unpaired) electrons. The first-order valence-corrected chi connectivity index (χ1v) is 5.91. The minimum absolute atomic E-state index is 0.0393. The van der Waals surface area contributed by atoms with Crippen molar-refractivity contribution >= 4 is 10.2 Å². The highest BCUT2D eigenvalue weighted by Crippen LogP contribution is 2.11. The summed E-state index contributed by atoms with van der Waals surface area (Å²) in [6.07, 6.45) is 0.872. The third-order valence-electron chi connectivity index (χ3n) is 2.07. The minimum atomic E-state index is -3.26. The lowest BCUT2D eigenvalue weighted by atomic mass is 10.1. The van der Waals surface area contributed by atoms with Gasteiger partial charge in [-0.3, -0.25) is 0 Å². The predicted molar refractivity (Wildman–Crippen MR) is 54.7 cm³/mol. The lowest BCUT2D eigenvalue weighted by Gasteiger charge is -2.24. The smallest absolute Gasteiger partial charge is 0.205 e. The Balaban J connectivity index is 4.34. The molecule has 0 spiro atoms. The second kappa shape index (κ2) is 4.93. The van der Waals surface area contributed by atoms with Crippen LogP contribution in [0.2, 0.25) is 0 Å². The maximum absolute atomic E-state index is 11.3. The van der Waals surface area contributed by atoms with E-state index in [1.807, 2.05) is 6.92 Å². The van der Waals surface area contributed by atoms with Gasteiger partial charge in [0, 0.05) is 20.1 Å². The van der Waals surface area contributed by atoms with Crippen LogP contribution in [0.1, 0.15) is 27.2 Å². The quantitative estimate of drug-likeness (QED) is 0.727. The summed E-state index contributed by atoms with van der Waals surface area (Å²) >= 11 is 0. The third kappa shape index (κ3) is 4.06. The van der Waals surface area contributed by atoms with E-state index in [9.17, 15) is 8.42 Å². The molecule has 0 aromatic rings. The first-order valence-electron chi connectivity index (χ1n) is 4.47. The molecule has 0 aliphatic heterocycles. The first kappa shape index (κ1) is 12.9. The van der Waals surface area contributed by atoms with Crippen molar-refractivity contribution in [3.63, 3.8) is 0 Å². The van der Waals surface area contributed by atoms with Gasteiger partial charge in [0.25, 0.3) is 10.2 Å². The van der Waals surface area contributed by atoms with Crippen LogP contribution in [0.15, 0.2) is 0 Å². The Morgan fingerprint density at radius 2 is 1.77 bits per heavy atom. The van der Waals surface area contributed by atoms with Gasteiger partial charge in [-0.2, -0.15) is 12.7 Å². The molecular weight excluding hydrogens is 188 g/mol. The lowest BCUT2D eigenvalue weighted by Crippen LogP contribution is -2.41. The van der Waals surface area contributed by atoms with Crippen molar-refractivity contribution in [3.05, 3.63) is 0 Å². The monoisotopic (exact) mass is 208 g/mol. The predicted octanol–water partition coefficient (Wildman–Crippen LogP) is 0.817. The van der Waals surface area contributed by atoms with Gasteiger partial charge in [-0.1, -0.05) is 13.8 Å². The number of hydrogen-bond donors (Lipinski definition) is 1.